The molecule has 0 bridgehead atoms. The van der Waals surface area contributed by atoms with E-state index in [4.69, 9.17) is 4.52 Å². The van der Waals surface area contributed by atoms with Gasteiger partial charge in [0, 0.05) is 5.56 Å². The van der Waals surface area contributed by atoms with Crippen LogP contribution in [0.1, 0.15) is 30.7 Å². The van der Waals surface area contributed by atoms with Gasteiger partial charge in [-0.3, -0.25) is 4.90 Å². The van der Waals surface area contributed by atoms with Gasteiger partial charge in [0.1, 0.15) is 0 Å². The molecule has 5 nitrogen and oxygen atoms in total. The molecule has 0 spiro atoms. The summed E-state index contributed by atoms with van der Waals surface area (Å²) in [6.45, 7) is 3.50. The number of nitrogens with zero attached hydrogens (tertiary/aromatic N) is 3. The van der Waals surface area contributed by atoms with Crippen LogP contribution in [0.2, 0.25) is 0 Å². The van der Waals surface area contributed by atoms with Gasteiger partial charge in [-0.05, 0) is 64.0 Å². The molecule has 0 atom stereocenters. The van der Waals surface area contributed by atoms with Gasteiger partial charge in [0.15, 0.2) is 0 Å². The van der Waals surface area contributed by atoms with E-state index in [1.807, 2.05) is 7.05 Å². The summed E-state index contributed by atoms with van der Waals surface area (Å²) >= 11 is 0. The average Bonchev–Trinajstić information content (AvgIpc) is 3.09. The van der Waals surface area contributed by atoms with Gasteiger partial charge < -0.3 is 9.84 Å². The predicted molar refractivity (Wildman–Crippen MR) is 98.5 cm³/mol. The molecule has 1 fully saturated rings. The zero-order chi connectivity index (χ0) is 18.6. The lowest BCUT2D eigenvalue weighted by molar-refractivity contribution is -0.137. The third kappa shape index (κ3) is 5.92. The van der Waals surface area contributed by atoms with Gasteiger partial charge in [0.2, 0.25) is 11.7 Å². The third-order valence-electron chi connectivity index (χ3n) is 4.78. The smallest absolute Gasteiger partial charge is 0.338 e. The highest BCUT2D eigenvalue weighted by molar-refractivity contribution is 5.85. The molecule has 1 aliphatic heterocycles. The lowest BCUT2D eigenvalue weighted by Crippen LogP contribution is -2.34. The molecular formula is C18H24ClF3N4O. The first-order chi connectivity index (χ1) is 12.5. The van der Waals surface area contributed by atoms with Gasteiger partial charge in [-0.2, -0.15) is 18.2 Å². The molecule has 0 aliphatic carbocycles. The number of aromatic nitrogens is 2. The Morgan fingerprint density at radius 3 is 2.67 bits per heavy atom. The molecule has 3 rings (SSSR count). The Hall–Kier alpha value is -1.64. The maximum absolute atomic E-state index is 12.8. The molecule has 9 heteroatoms. The number of hydrogen-bond acceptors (Lipinski definition) is 5. The quantitative estimate of drug-likeness (QED) is 0.788. The molecule has 0 unspecified atom stereocenters. The minimum Gasteiger partial charge on any atom is -0.338 e. The maximum Gasteiger partial charge on any atom is 0.416 e. The van der Waals surface area contributed by atoms with Crippen LogP contribution in [0.25, 0.3) is 11.4 Å². The molecule has 0 amide bonds. The Balaban J connectivity index is 0.00000261. The second kappa shape index (κ2) is 9.52. The molecule has 1 aromatic carbocycles. The highest BCUT2D eigenvalue weighted by Crippen LogP contribution is 2.31. The van der Waals surface area contributed by atoms with Crippen LogP contribution in [0, 0.1) is 5.92 Å². The molecule has 27 heavy (non-hydrogen) atoms. The van der Waals surface area contributed by atoms with Crippen molar-refractivity contribution in [3.05, 3.63) is 35.7 Å². The molecule has 2 heterocycles. The van der Waals surface area contributed by atoms with E-state index in [0.29, 0.717) is 18.0 Å². The van der Waals surface area contributed by atoms with Crippen LogP contribution in [-0.2, 0) is 12.7 Å². The Bertz CT molecular complexity index is 715. The second-order valence-corrected chi connectivity index (χ2v) is 6.70. The van der Waals surface area contributed by atoms with Gasteiger partial charge >= 0.3 is 6.18 Å². The van der Waals surface area contributed by atoms with Gasteiger partial charge in [-0.15, -0.1) is 12.4 Å². The van der Waals surface area contributed by atoms with E-state index in [9.17, 15) is 13.2 Å². The van der Waals surface area contributed by atoms with Crippen LogP contribution in [-0.4, -0.2) is 41.7 Å². The molecular weight excluding hydrogens is 381 g/mol. The van der Waals surface area contributed by atoms with Crippen molar-refractivity contribution in [1.29, 1.82) is 0 Å². The summed E-state index contributed by atoms with van der Waals surface area (Å²) in [5, 5.41) is 7.02. The first-order valence-electron chi connectivity index (χ1n) is 8.83. The van der Waals surface area contributed by atoms with E-state index in [1.54, 1.807) is 6.07 Å². The number of hydrogen-bond donors (Lipinski definition) is 1. The van der Waals surface area contributed by atoms with E-state index in [0.717, 1.165) is 50.5 Å². The van der Waals surface area contributed by atoms with E-state index < -0.39 is 11.7 Å². The van der Waals surface area contributed by atoms with Crippen molar-refractivity contribution in [3.63, 3.8) is 0 Å². The van der Waals surface area contributed by atoms with Gasteiger partial charge in [0.05, 0.1) is 12.1 Å². The fraction of sp³-hybridized carbons (Fsp3) is 0.556. The van der Waals surface area contributed by atoms with Gasteiger partial charge in [-0.1, -0.05) is 17.3 Å². The van der Waals surface area contributed by atoms with E-state index in [-0.39, 0.29) is 18.2 Å². The lowest BCUT2D eigenvalue weighted by Gasteiger charge is -2.30. The van der Waals surface area contributed by atoms with Crippen molar-refractivity contribution in [2.75, 3.05) is 26.7 Å². The standard InChI is InChI=1S/C18H23F3N4O.ClH/c1-22-8-5-13-6-9-25(10-7-13)12-16-23-17(24-26-16)14-3-2-4-15(11-14)18(19,20)21;/h2-4,11,13,22H,5-10,12H2,1H3;1H. The largest absolute Gasteiger partial charge is 0.416 e. The maximum atomic E-state index is 12.8. The first kappa shape index (κ1) is 21.7. The number of piperidine rings is 1. The van der Waals surface area contributed by atoms with Gasteiger partial charge in [0.25, 0.3) is 0 Å². The summed E-state index contributed by atoms with van der Waals surface area (Å²) < 4.78 is 43.7. The molecule has 0 saturated carbocycles. The Kier molecular flexibility index (Phi) is 7.64. The number of likely N-dealkylation sites (tertiary alicyclic amines) is 1. The fourth-order valence-corrected chi connectivity index (χ4v) is 3.24. The van der Waals surface area contributed by atoms with Crippen LogP contribution in [0.15, 0.2) is 28.8 Å². The van der Waals surface area contributed by atoms with Crippen LogP contribution >= 0.6 is 12.4 Å². The lowest BCUT2D eigenvalue weighted by atomic mass is 9.93. The highest BCUT2D eigenvalue weighted by Gasteiger charge is 2.31. The van der Waals surface area contributed by atoms with E-state index in [2.05, 4.69) is 20.4 Å². The van der Waals surface area contributed by atoms with E-state index in [1.165, 1.54) is 12.5 Å². The van der Waals surface area contributed by atoms with Crippen LogP contribution in [0.5, 0.6) is 0 Å². The van der Waals surface area contributed by atoms with Crippen molar-refractivity contribution < 1.29 is 17.7 Å². The molecule has 1 N–H and O–H groups in total. The molecule has 1 aromatic heterocycles. The molecule has 150 valence electrons. The van der Waals surface area contributed by atoms with Crippen LogP contribution < -0.4 is 5.32 Å². The normalized spacial score (nSPS) is 16.3. The number of rotatable bonds is 6. The minimum atomic E-state index is -4.39. The molecule has 1 saturated heterocycles. The minimum absolute atomic E-state index is 0. The molecule has 2 aromatic rings. The number of alkyl halides is 3. The third-order valence-corrected chi connectivity index (χ3v) is 4.78. The monoisotopic (exact) mass is 404 g/mol. The highest BCUT2D eigenvalue weighted by atomic mass is 35.5. The summed E-state index contributed by atoms with van der Waals surface area (Å²) in [5.41, 5.74) is -0.411. The van der Waals surface area contributed by atoms with Crippen molar-refractivity contribution in [1.82, 2.24) is 20.4 Å². The van der Waals surface area contributed by atoms with Crippen LogP contribution in [0.3, 0.4) is 0 Å². The predicted octanol–water partition coefficient (Wildman–Crippen LogP) is 4.00. The summed E-state index contributed by atoms with van der Waals surface area (Å²) in [6.07, 6.45) is -0.933. The van der Waals surface area contributed by atoms with Crippen molar-refractivity contribution in [2.24, 2.45) is 5.92 Å². The summed E-state index contributed by atoms with van der Waals surface area (Å²) in [6, 6.07) is 4.98. The van der Waals surface area contributed by atoms with Crippen molar-refractivity contribution in [2.45, 2.75) is 32.0 Å². The zero-order valence-corrected chi connectivity index (χ0v) is 15.9. The van der Waals surface area contributed by atoms with E-state index >= 15 is 0 Å². The van der Waals surface area contributed by atoms with Crippen molar-refractivity contribution >= 4 is 12.4 Å². The fourth-order valence-electron chi connectivity index (χ4n) is 3.24. The SMILES string of the molecule is CNCCC1CCN(Cc2nc(-c3cccc(C(F)(F)F)c3)no2)CC1.Cl. The zero-order valence-electron chi connectivity index (χ0n) is 15.1. The average molecular weight is 405 g/mol. The Morgan fingerprint density at radius 1 is 1.26 bits per heavy atom. The number of benzene rings is 1. The van der Waals surface area contributed by atoms with Gasteiger partial charge in [-0.25, -0.2) is 0 Å². The summed E-state index contributed by atoms with van der Waals surface area (Å²) in [7, 11) is 1.96. The topological polar surface area (TPSA) is 54.2 Å². The summed E-state index contributed by atoms with van der Waals surface area (Å²) in [5.74, 6) is 1.36. The summed E-state index contributed by atoms with van der Waals surface area (Å²) in [4.78, 5) is 6.52. The Morgan fingerprint density at radius 2 is 2.00 bits per heavy atom. The first-order valence-corrected chi connectivity index (χ1v) is 8.83. The molecule has 1 aliphatic rings. The second-order valence-electron chi connectivity index (χ2n) is 6.70. The number of nitrogens with one attached hydrogen (secondary N) is 1. The van der Waals surface area contributed by atoms with Crippen molar-refractivity contribution in [3.8, 4) is 11.4 Å². The molecule has 0 radical (unpaired) electrons. The van der Waals surface area contributed by atoms with Crippen LogP contribution in [0.4, 0.5) is 13.2 Å². The Labute approximate surface area is 162 Å². The number of halogens is 4.